The van der Waals surface area contributed by atoms with Gasteiger partial charge in [0.2, 0.25) is 5.91 Å². The van der Waals surface area contributed by atoms with Gasteiger partial charge in [-0.05, 0) is 89.7 Å². The van der Waals surface area contributed by atoms with Gasteiger partial charge in [-0.3, -0.25) is 9.59 Å². The van der Waals surface area contributed by atoms with Gasteiger partial charge in [-0.15, -0.1) is 10.2 Å². The maximum Gasteiger partial charge on any atom is 0.255 e. The maximum atomic E-state index is 12.4. The number of aromatic nitrogens is 3. The molecule has 1 aromatic heterocycles. The van der Waals surface area contributed by atoms with E-state index in [-0.39, 0.29) is 17.6 Å². The highest BCUT2D eigenvalue weighted by Gasteiger charge is 2.14. The molecule has 0 fully saturated rings. The summed E-state index contributed by atoms with van der Waals surface area (Å²) in [5, 5.41) is 15.0. The Labute approximate surface area is 215 Å². The molecule has 0 aliphatic heterocycles. The van der Waals surface area contributed by atoms with E-state index in [4.69, 9.17) is 0 Å². The van der Waals surface area contributed by atoms with Crippen molar-refractivity contribution in [3.8, 4) is 11.4 Å². The van der Waals surface area contributed by atoms with E-state index in [1.54, 1.807) is 12.1 Å². The molecule has 2 amide bonds. The molecule has 0 unspecified atom stereocenters. The van der Waals surface area contributed by atoms with Crippen molar-refractivity contribution in [1.82, 2.24) is 14.8 Å². The molecule has 0 radical (unpaired) electrons. The molecule has 0 spiro atoms. The fourth-order valence-corrected chi connectivity index (χ4v) is 4.63. The monoisotopic (exact) mass is 583 g/mol. The van der Waals surface area contributed by atoms with Crippen LogP contribution in [0.4, 0.5) is 11.4 Å². The van der Waals surface area contributed by atoms with E-state index in [1.807, 2.05) is 79.2 Å². The number of hydrogen-bond donors (Lipinski definition) is 2. The van der Waals surface area contributed by atoms with E-state index in [0.29, 0.717) is 22.2 Å². The molecule has 3 aromatic carbocycles. The number of carbonyl (C=O) groups is 2. The predicted octanol–water partition coefficient (Wildman–Crippen LogP) is 5.38. The summed E-state index contributed by atoms with van der Waals surface area (Å²) < 4.78 is 2.98. The van der Waals surface area contributed by atoms with Crippen LogP contribution in [0.25, 0.3) is 11.4 Å². The van der Waals surface area contributed by atoms with Gasteiger partial charge < -0.3 is 15.2 Å². The third-order valence-corrected chi connectivity index (χ3v) is 6.76. The average Bonchev–Trinajstić information content (AvgIpc) is 3.21. The lowest BCUT2D eigenvalue weighted by molar-refractivity contribution is -0.113. The topological polar surface area (TPSA) is 88.9 Å². The Balaban J connectivity index is 1.37. The first kappa shape index (κ1) is 24.0. The third-order valence-electron chi connectivity index (χ3n) is 5.07. The normalized spacial score (nSPS) is 10.7. The lowest BCUT2D eigenvalue weighted by Gasteiger charge is -2.09. The van der Waals surface area contributed by atoms with Crippen LogP contribution in [-0.2, 0) is 11.8 Å². The molecule has 0 aliphatic carbocycles. The molecule has 0 saturated carbocycles. The van der Waals surface area contributed by atoms with Gasteiger partial charge in [0.1, 0.15) is 0 Å². The molecule has 0 bridgehead atoms. The minimum atomic E-state index is -0.163. The van der Waals surface area contributed by atoms with Gasteiger partial charge in [0.25, 0.3) is 5.91 Å². The lowest BCUT2D eigenvalue weighted by atomic mass is 10.1. The van der Waals surface area contributed by atoms with Gasteiger partial charge in [-0.2, -0.15) is 0 Å². The molecule has 4 rings (SSSR count). The fourth-order valence-electron chi connectivity index (χ4n) is 3.27. The number of rotatable bonds is 7. The van der Waals surface area contributed by atoms with Crippen molar-refractivity contribution in [3.05, 3.63) is 87.5 Å². The second kappa shape index (κ2) is 10.8. The molecule has 0 saturated heterocycles. The van der Waals surface area contributed by atoms with Crippen LogP contribution in [0.1, 0.15) is 15.9 Å². The molecule has 34 heavy (non-hydrogen) atoms. The smallest absolute Gasteiger partial charge is 0.255 e. The fraction of sp³-hybridized carbons (Fsp3) is 0.120. The van der Waals surface area contributed by atoms with Crippen LogP contribution in [0, 0.1) is 10.5 Å². The Morgan fingerprint density at radius 2 is 1.71 bits per heavy atom. The first-order valence-electron chi connectivity index (χ1n) is 10.5. The van der Waals surface area contributed by atoms with Crippen LogP contribution in [0.15, 0.2) is 78.0 Å². The minimum absolute atomic E-state index is 0.0997. The van der Waals surface area contributed by atoms with Crippen molar-refractivity contribution >= 4 is 57.5 Å². The summed E-state index contributed by atoms with van der Waals surface area (Å²) in [7, 11) is 1.87. The van der Waals surface area contributed by atoms with Gasteiger partial charge in [0.15, 0.2) is 11.0 Å². The molecule has 0 aliphatic rings. The van der Waals surface area contributed by atoms with Gasteiger partial charge in [-0.25, -0.2) is 0 Å². The number of anilines is 2. The molecule has 7 nitrogen and oxygen atoms in total. The summed E-state index contributed by atoms with van der Waals surface area (Å²) in [6.07, 6.45) is 0. The quantitative estimate of drug-likeness (QED) is 0.226. The number of hydrogen-bond acceptors (Lipinski definition) is 5. The average molecular weight is 583 g/mol. The predicted molar refractivity (Wildman–Crippen MR) is 144 cm³/mol. The van der Waals surface area contributed by atoms with Crippen molar-refractivity contribution in [2.75, 3.05) is 16.4 Å². The van der Waals surface area contributed by atoms with E-state index in [9.17, 15) is 9.59 Å². The van der Waals surface area contributed by atoms with Crippen molar-refractivity contribution in [2.45, 2.75) is 12.1 Å². The Morgan fingerprint density at radius 1 is 0.971 bits per heavy atom. The van der Waals surface area contributed by atoms with E-state index < -0.39 is 0 Å². The van der Waals surface area contributed by atoms with Crippen molar-refractivity contribution in [1.29, 1.82) is 0 Å². The molecule has 0 atom stereocenters. The number of nitrogens with one attached hydrogen (secondary N) is 2. The number of thioether (sulfide) groups is 1. The summed E-state index contributed by atoms with van der Waals surface area (Å²) in [6, 6.07) is 22.4. The van der Waals surface area contributed by atoms with Crippen LogP contribution >= 0.6 is 34.4 Å². The van der Waals surface area contributed by atoms with Gasteiger partial charge in [0.05, 0.1) is 5.75 Å². The Bertz CT molecular complexity index is 1320. The van der Waals surface area contributed by atoms with Crippen molar-refractivity contribution < 1.29 is 9.59 Å². The third kappa shape index (κ3) is 5.84. The number of carbonyl (C=O) groups excluding carboxylic acids is 2. The summed E-state index contributed by atoms with van der Waals surface area (Å²) in [4.78, 5) is 24.7. The van der Waals surface area contributed by atoms with Crippen LogP contribution in [0.3, 0.4) is 0 Å². The number of benzene rings is 3. The van der Waals surface area contributed by atoms with Gasteiger partial charge >= 0.3 is 0 Å². The van der Waals surface area contributed by atoms with Gasteiger partial charge in [0, 0.05) is 33.1 Å². The van der Waals surface area contributed by atoms with Crippen molar-refractivity contribution in [2.24, 2.45) is 7.05 Å². The number of halogens is 1. The second-order valence-corrected chi connectivity index (χ2v) is 9.75. The number of nitrogens with zero attached hydrogens (tertiary/aromatic N) is 3. The zero-order valence-corrected chi connectivity index (χ0v) is 21.6. The molecule has 172 valence electrons. The van der Waals surface area contributed by atoms with Crippen LogP contribution in [0.2, 0.25) is 0 Å². The Morgan fingerprint density at radius 3 is 2.41 bits per heavy atom. The molecule has 9 heteroatoms. The lowest BCUT2D eigenvalue weighted by Crippen LogP contribution is -2.15. The zero-order chi connectivity index (χ0) is 24.1. The first-order chi connectivity index (χ1) is 16.4. The van der Waals surface area contributed by atoms with E-state index in [2.05, 4.69) is 43.4 Å². The number of amides is 2. The Hall–Kier alpha value is -3.18. The minimum Gasteiger partial charge on any atom is -0.325 e. The van der Waals surface area contributed by atoms with E-state index >= 15 is 0 Å². The molecule has 2 N–H and O–H groups in total. The Kier molecular flexibility index (Phi) is 7.63. The van der Waals surface area contributed by atoms with Crippen LogP contribution < -0.4 is 10.6 Å². The van der Waals surface area contributed by atoms with Crippen molar-refractivity contribution in [3.63, 3.8) is 0 Å². The standard InChI is InChI=1S/C25H22IN5O2S/c1-16-14-19(26)10-13-21(16)28-22(32)15-34-25-30-29-23(31(25)2)17-8-11-20(12-9-17)27-24(33)18-6-4-3-5-7-18/h3-14H,15H2,1-2H3,(H,27,33)(H,28,32). The summed E-state index contributed by atoms with van der Waals surface area (Å²) >= 11 is 3.57. The molecular formula is C25H22IN5O2S. The van der Waals surface area contributed by atoms with E-state index in [0.717, 1.165) is 20.4 Å². The highest BCUT2D eigenvalue weighted by atomic mass is 127. The second-order valence-electron chi connectivity index (χ2n) is 7.56. The maximum absolute atomic E-state index is 12.4. The summed E-state index contributed by atoms with van der Waals surface area (Å²) in [5.74, 6) is 0.640. The van der Waals surface area contributed by atoms with E-state index in [1.165, 1.54) is 11.8 Å². The van der Waals surface area contributed by atoms with Crippen LogP contribution in [0.5, 0.6) is 0 Å². The number of aryl methyl sites for hydroxylation is 1. The molecular weight excluding hydrogens is 561 g/mol. The SMILES string of the molecule is Cc1cc(I)ccc1NC(=O)CSc1nnc(-c2ccc(NC(=O)c3ccccc3)cc2)n1C. The highest BCUT2D eigenvalue weighted by Crippen LogP contribution is 2.25. The van der Waals surface area contributed by atoms with Gasteiger partial charge in [-0.1, -0.05) is 30.0 Å². The van der Waals surface area contributed by atoms with Crippen LogP contribution in [-0.4, -0.2) is 32.3 Å². The summed E-state index contributed by atoms with van der Waals surface area (Å²) in [6.45, 7) is 1.97. The molecule has 4 aromatic rings. The zero-order valence-electron chi connectivity index (χ0n) is 18.6. The first-order valence-corrected chi connectivity index (χ1v) is 12.5. The largest absolute Gasteiger partial charge is 0.325 e. The highest BCUT2D eigenvalue weighted by molar-refractivity contribution is 14.1. The molecule has 1 heterocycles. The summed E-state index contributed by atoms with van der Waals surface area (Å²) in [5.41, 5.74) is 3.98.